The maximum atomic E-state index is 12.8. The van der Waals surface area contributed by atoms with Crippen molar-refractivity contribution in [3.05, 3.63) is 59.7 Å². The number of rotatable bonds is 8. The van der Waals surface area contributed by atoms with Crippen molar-refractivity contribution in [1.82, 2.24) is 10.6 Å². The minimum absolute atomic E-state index is 0.0658. The first-order chi connectivity index (χ1) is 16.4. The lowest BCUT2D eigenvalue weighted by Gasteiger charge is -2.24. The number of carboxylic acids is 1. The van der Waals surface area contributed by atoms with Crippen molar-refractivity contribution < 1.29 is 29.0 Å². The van der Waals surface area contributed by atoms with Gasteiger partial charge in [-0.05, 0) is 28.2 Å². The molecule has 8 heteroatoms. The summed E-state index contributed by atoms with van der Waals surface area (Å²) in [7, 11) is 0. The average Bonchev–Trinajstić information content (AvgIpc) is 3.43. The van der Waals surface area contributed by atoms with Crippen molar-refractivity contribution >= 4 is 18.0 Å². The summed E-state index contributed by atoms with van der Waals surface area (Å²) >= 11 is 0. The van der Waals surface area contributed by atoms with Gasteiger partial charge in [-0.2, -0.15) is 0 Å². The molecule has 2 aliphatic rings. The molecule has 4 rings (SSSR count). The first-order valence-corrected chi connectivity index (χ1v) is 11.6. The molecule has 180 valence electrons. The Hall–Kier alpha value is -3.39. The number of hydrogen-bond donors (Lipinski definition) is 3. The Bertz CT molecular complexity index is 1030. The number of carboxylic acid groups (broad SMARTS) is 1. The van der Waals surface area contributed by atoms with Gasteiger partial charge in [0.2, 0.25) is 5.91 Å². The molecule has 0 spiro atoms. The molecular weight excluding hydrogens is 436 g/mol. The van der Waals surface area contributed by atoms with Crippen LogP contribution in [-0.4, -0.2) is 55.0 Å². The summed E-state index contributed by atoms with van der Waals surface area (Å²) in [6.45, 7) is 4.07. The molecule has 4 atom stereocenters. The molecule has 3 N–H and O–H groups in total. The van der Waals surface area contributed by atoms with Gasteiger partial charge >= 0.3 is 12.1 Å². The Morgan fingerprint density at radius 2 is 1.68 bits per heavy atom. The summed E-state index contributed by atoms with van der Waals surface area (Å²) in [5.74, 6) is -2.51. The molecule has 1 heterocycles. The van der Waals surface area contributed by atoms with Crippen LogP contribution in [0, 0.1) is 11.8 Å². The van der Waals surface area contributed by atoms with Gasteiger partial charge in [0.1, 0.15) is 12.6 Å². The van der Waals surface area contributed by atoms with Crippen LogP contribution in [0.3, 0.4) is 0 Å². The van der Waals surface area contributed by atoms with Crippen LogP contribution in [0.1, 0.15) is 37.3 Å². The molecule has 0 aromatic heterocycles. The number of ether oxygens (including phenoxy) is 2. The second-order valence-corrected chi connectivity index (χ2v) is 8.93. The summed E-state index contributed by atoms with van der Waals surface area (Å²) in [4.78, 5) is 36.9. The van der Waals surface area contributed by atoms with Gasteiger partial charge in [0.05, 0.1) is 25.2 Å². The van der Waals surface area contributed by atoms with Crippen LogP contribution >= 0.6 is 0 Å². The summed E-state index contributed by atoms with van der Waals surface area (Å²) < 4.78 is 11.0. The zero-order chi connectivity index (χ0) is 24.2. The SMILES string of the molecule is CCC(C)C(NC(=O)C1COCC1NC(=O)OCC1c2ccccc2-c2ccccc21)C(=O)O. The standard InChI is InChI=1S/C26H30N2O6/c1-3-15(2)23(25(30)31)28-24(29)21-12-33-14-22(21)27-26(32)34-13-20-18-10-6-4-8-16(18)17-9-5-7-11-19(17)20/h4-11,15,20-23H,3,12-14H2,1-2H3,(H,27,32)(H,28,29)(H,30,31). The quantitative estimate of drug-likeness (QED) is 0.551. The molecule has 1 aliphatic carbocycles. The predicted molar refractivity (Wildman–Crippen MR) is 125 cm³/mol. The highest BCUT2D eigenvalue weighted by Gasteiger charge is 2.38. The Balaban J connectivity index is 1.37. The zero-order valence-electron chi connectivity index (χ0n) is 19.3. The van der Waals surface area contributed by atoms with Crippen LogP contribution in [0.2, 0.25) is 0 Å². The number of benzene rings is 2. The summed E-state index contributed by atoms with van der Waals surface area (Å²) in [6, 6.07) is 14.6. The van der Waals surface area contributed by atoms with Crippen molar-refractivity contribution in [3.63, 3.8) is 0 Å². The van der Waals surface area contributed by atoms with E-state index in [0.29, 0.717) is 6.42 Å². The van der Waals surface area contributed by atoms with Crippen LogP contribution in [-0.2, 0) is 19.1 Å². The molecule has 34 heavy (non-hydrogen) atoms. The third kappa shape index (κ3) is 4.77. The van der Waals surface area contributed by atoms with Gasteiger partial charge in [-0.15, -0.1) is 0 Å². The molecule has 2 amide bonds. The largest absolute Gasteiger partial charge is 0.480 e. The first-order valence-electron chi connectivity index (χ1n) is 11.6. The summed E-state index contributed by atoms with van der Waals surface area (Å²) in [5, 5.41) is 14.8. The van der Waals surface area contributed by atoms with E-state index in [-0.39, 0.29) is 31.7 Å². The fourth-order valence-corrected chi connectivity index (χ4v) is 4.69. The molecular formula is C26H30N2O6. The fraction of sp³-hybridized carbons (Fsp3) is 0.423. The van der Waals surface area contributed by atoms with E-state index in [2.05, 4.69) is 22.8 Å². The predicted octanol–water partition coefficient (Wildman–Crippen LogP) is 3.16. The number of carbonyl (C=O) groups is 3. The van der Waals surface area contributed by atoms with Gasteiger partial charge in [-0.3, -0.25) is 4.79 Å². The maximum Gasteiger partial charge on any atom is 0.407 e. The van der Waals surface area contributed by atoms with E-state index in [0.717, 1.165) is 22.3 Å². The number of nitrogens with one attached hydrogen (secondary N) is 2. The van der Waals surface area contributed by atoms with Crippen molar-refractivity contribution in [2.45, 2.75) is 38.3 Å². The van der Waals surface area contributed by atoms with Crippen molar-refractivity contribution in [3.8, 4) is 11.1 Å². The van der Waals surface area contributed by atoms with Crippen molar-refractivity contribution in [2.24, 2.45) is 11.8 Å². The molecule has 2 aromatic rings. The smallest absolute Gasteiger partial charge is 0.407 e. The van der Waals surface area contributed by atoms with Crippen LogP contribution in [0.4, 0.5) is 4.79 Å². The minimum Gasteiger partial charge on any atom is -0.480 e. The van der Waals surface area contributed by atoms with E-state index in [1.807, 2.05) is 43.3 Å². The van der Waals surface area contributed by atoms with E-state index in [1.165, 1.54) is 0 Å². The Morgan fingerprint density at radius 1 is 1.06 bits per heavy atom. The van der Waals surface area contributed by atoms with E-state index >= 15 is 0 Å². The third-order valence-electron chi connectivity index (χ3n) is 6.84. The third-order valence-corrected chi connectivity index (χ3v) is 6.84. The highest BCUT2D eigenvalue weighted by molar-refractivity contribution is 5.86. The number of alkyl carbamates (subject to hydrolysis) is 1. The molecule has 8 nitrogen and oxygen atoms in total. The number of fused-ring (bicyclic) bond motifs is 3. The van der Waals surface area contributed by atoms with Crippen LogP contribution in [0.25, 0.3) is 11.1 Å². The van der Waals surface area contributed by atoms with E-state index in [4.69, 9.17) is 9.47 Å². The fourth-order valence-electron chi connectivity index (χ4n) is 4.69. The van der Waals surface area contributed by atoms with Gasteiger partial charge in [0, 0.05) is 5.92 Å². The van der Waals surface area contributed by atoms with Gasteiger partial charge in [0.15, 0.2) is 0 Å². The molecule has 2 aromatic carbocycles. The molecule has 0 radical (unpaired) electrons. The highest BCUT2D eigenvalue weighted by atomic mass is 16.5. The normalized spacial score (nSPS) is 20.6. The summed E-state index contributed by atoms with van der Waals surface area (Å²) in [5.41, 5.74) is 4.51. The molecule has 1 fully saturated rings. The zero-order valence-corrected chi connectivity index (χ0v) is 19.3. The van der Waals surface area contributed by atoms with Crippen molar-refractivity contribution in [2.75, 3.05) is 19.8 Å². The van der Waals surface area contributed by atoms with E-state index in [1.54, 1.807) is 6.92 Å². The highest BCUT2D eigenvalue weighted by Crippen LogP contribution is 2.44. The number of aliphatic carboxylic acids is 1. The molecule has 1 saturated heterocycles. The molecule has 1 aliphatic heterocycles. The van der Waals surface area contributed by atoms with Crippen molar-refractivity contribution in [1.29, 1.82) is 0 Å². The first kappa shape index (κ1) is 23.8. The monoisotopic (exact) mass is 466 g/mol. The molecule has 4 unspecified atom stereocenters. The van der Waals surface area contributed by atoms with E-state index in [9.17, 15) is 19.5 Å². The number of hydrogen-bond acceptors (Lipinski definition) is 5. The number of carbonyl (C=O) groups excluding carboxylic acids is 2. The Morgan fingerprint density at radius 3 is 2.26 bits per heavy atom. The lowest BCUT2D eigenvalue weighted by Crippen LogP contribution is -2.52. The minimum atomic E-state index is -1.08. The van der Waals surface area contributed by atoms with Gasteiger partial charge < -0.3 is 25.2 Å². The molecule has 0 saturated carbocycles. The van der Waals surface area contributed by atoms with Crippen LogP contribution < -0.4 is 10.6 Å². The molecule has 0 bridgehead atoms. The van der Waals surface area contributed by atoms with Crippen LogP contribution in [0.15, 0.2) is 48.5 Å². The average molecular weight is 467 g/mol. The topological polar surface area (TPSA) is 114 Å². The van der Waals surface area contributed by atoms with E-state index < -0.39 is 36.0 Å². The number of amides is 2. The lowest BCUT2D eigenvalue weighted by atomic mass is 9.97. The van der Waals surface area contributed by atoms with Crippen LogP contribution in [0.5, 0.6) is 0 Å². The summed E-state index contributed by atoms with van der Waals surface area (Å²) in [6.07, 6.45) is -0.0216. The van der Waals surface area contributed by atoms with Gasteiger partial charge in [0.25, 0.3) is 0 Å². The Kier molecular flexibility index (Phi) is 7.17. The maximum absolute atomic E-state index is 12.8. The Labute approximate surface area is 198 Å². The second-order valence-electron chi connectivity index (χ2n) is 8.93. The second kappa shape index (κ2) is 10.3. The van der Waals surface area contributed by atoms with Gasteiger partial charge in [-0.1, -0.05) is 68.8 Å². The lowest BCUT2D eigenvalue weighted by molar-refractivity contribution is -0.144. The van der Waals surface area contributed by atoms with Gasteiger partial charge in [-0.25, -0.2) is 9.59 Å².